The van der Waals surface area contributed by atoms with Gasteiger partial charge < -0.3 is 5.11 Å². The SMILES string of the molecule is CCCCN(C(C)CC(C)(NC1CC1)C(=O)O)C1CC1. The third-order valence-corrected chi connectivity index (χ3v) is 4.63. The van der Waals surface area contributed by atoms with E-state index >= 15 is 0 Å². The van der Waals surface area contributed by atoms with Crippen molar-refractivity contribution in [2.45, 2.75) is 89.4 Å². The van der Waals surface area contributed by atoms with Crippen molar-refractivity contribution < 1.29 is 9.90 Å². The zero-order chi connectivity index (χ0) is 14.8. The summed E-state index contributed by atoms with van der Waals surface area (Å²) in [6.45, 7) is 7.38. The van der Waals surface area contributed by atoms with E-state index in [1.165, 1.54) is 25.7 Å². The summed E-state index contributed by atoms with van der Waals surface area (Å²) in [5.41, 5.74) is -0.778. The van der Waals surface area contributed by atoms with Crippen LogP contribution >= 0.6 is 0 Å². The second-order valence-corrected chi connectivity index (χ2v) is 6.93. The van der Waals surface area contributed by atoms with Crippen molar-refractivity contribution in [3.8, 4) is 0 Å². The number of hydrogen-bond acceptors (Lipinski definition) is 3. The molecule has 0 heterocycles. The van der Waals surface area contributed by atoms with E-state index in [-0.39, 0.29) is 0 Å². The lowest BCUT2D eigenvalue weighted by molar-refractivity contribution is -0.145. The van der Waals surface area contributed by atoms with E-state index in [2.05, 4.69) is 24.1 Å². The van der Waals surface area contributed by atoms with E-state index in [1.54, 1.807) is 0 Å². The van der Waals surface area contributed by atoms with Crippen LogP contribution in [0.25, 0.3) is 0 Å². The van der Waals surface area contributed by atoms with Crippen molar-refractivity contribution in [2.24, 2.45) is 0 Å². The molecule has 2 aliphatic carbocycles. The maximum Gasteiger partial charge on any atom is 0.323 e. The van der Waals surface area contributed by atoms with Crippen LogP contribution in [0.1, 0.15) is 65.7 Å². The topological polar surface area (TPSA) is 52.6 Å². The van der Waals surface area contributed by atoms with Gasteiger partial charge in [-0.05, 0) is 58.9 Å². The number of unbranched alkanes of at least 4 members (excludes halogenated alkanes) is 1. The Morgan fingerprint density at radius 1 is 1.40 bits per heavy atom. The molecule has 2 fully saturated rings. The predicted octanol–water partition coefficient (Wildman–Crippen LogP) is 2.62. The lowest BCUT2D eigenvalue weighted by Crippen LogP contribution is -2.54. The molecule has 2 rings (SSSR count). The maximum absolute atomic E-state index is 11.7. The number of hydrogen-bond donors (Lipinski definition) is 2. The summed E-state index contributed by atoms with van der Waals surface area (Å²) in [5, 5.41) is 12.9. The van der Waals surface area contributed by atoms with Gasteiger partial charge in [0.2, 0.25) is 0 Å². The Labute approximate surface area is 122 Å². The van der Waals surface area contributed by atoms with Crippen LogP contribution in [0.2, 0.25) is 0 Å². The molecule has 2 saturated carbocycles. The Bertz CT molecular complexity index is 339. The van der Waals surface area contributed by atoms with Gasteiger partial charge in [-0.2, -0.15) is 0 Å². The molecule has 0 bridgehead atoms. The summed E-state index contributed by atoms with van der Waals surface area (Å²) in [6, 6.07) is 1.46. The van der Waals surface area contributed by atoms with Crippen molar-refractivity contribution in [1.82, 2.24) is 10.2 Å². The van der Waals surface area contributed by atoms with Gasteiger partial charge >= 0.3 is 5.97 Å². The second kappa shape index (κ2) is 6.44. The van der Waals surface area contributed by atoms with Crippen LogP contribution in [0.3, 0.4) is 0 Å². The summed E-state index contributed by atoms with van der Waals surface area (Å²) in [7, 11) is 0. The molecule has 0 saturated heterocycles. The van der Waals surface area contributed by atoms with Crippen molar-refractivity contribution in [3.63, 3.8) is 0 Å². The molecular weight excluding hydrogens is 252 g/mol. The first kappa shape index (κ1) is 15.8. The highest BCUT2D eigenvalue weighted by Gasteiger charge is 2.42. The Kier molecular flexibility index (Phi) is 5.08. The molecule has 0 radical (unpaired) electrons. The van der Waals surface area contributed by atoms with E-state index in [9.17, 15) is 9.90 Å². The van der Waals surface area contributed by atoms with Crippen LogP contribution in [-0.4, -0.2) is 46.2 Å². The largest absolute Gasteiger partial charge is 0.480 e. The smallest absolute Gasteiger partial charge is 0.323 e. The van der Waals surface area contributed by atoms with Crippen molar-refractivity contribution in [2.75, 3.05) is 6.54 Å². The van der Waals surface area contributed by atoms with E-state index < -0.39 is 11.5 Å². The third kappa shape index (κ3) is 4.19. The minimum atomic E-state index is -0.778. The molecule has 2 N–H and O–H groups in total. The molecule has 4 heteroatoms. The fourth-order valence-corrected chi connectivity index (χ4v) is 3.10. The summed E-state index contributed by atoms with van der Waals surface area (Å²) in [4.78, 5) is 14.2. The summed E-state index contributed by atoms with van der Waals surface area (Å²) in [5.74, 6) is -0.706. The van der Waals surface area contributed by atoms with Gasteiger partial charge in [-0.1, -0.05) is 13.3 Å². The maximum atomic E-state index is 11.7. The number of nitrogens with one attached hydrogen (secondary N) is 1. The molecule has 0 aromatic heterocycles. The fraction of sp³-hybridized carbons (Fsp3) is 0.938. The van der Waals surface area contributed by atoms with Crippen LogP contribution in [0.4, 0.5) is 0 Å². The highest BCUT2D eigenvalue weighted by atomic mass is 16.4. The van der Waals surface area contributed by atoms with Crippen LogP contribution in [0.15, 0.2) is 0 Å². The number of carboxylic acid groups (broad SMARTS) is 1. The van der Waals surface area contributed by atoms with E-state index in [1.807, 2.05) is 6.92 Å². The van der Waals surface area contributed by atoms with Gasteiger partial charge in [0.25, 0.3) is 0 Å². The molecule has 0 amide bonds. The zero-order valence-electron chi connectivity index (χ0n) is 13.2. The molecule has 0 aromatic carbocycles. The number of carbonyl (C=O) groups is 1. The quantitative estimate of drug-likeness (QED) is 0.647. The third-order valence-electron chi connectivity index (χ3n) is 4.63. The number of aliphatic carboxylic acids is 1. The standard InChI is InChI=1S/C16H30N2O2/c1-4-5-10-18(14-8-9-14)12(2)11-16(3,15(19)20)17-13-6-7-13/h12-14,17H,4-11H2,1-3H3,(H,19,20). The fourth-order valence-electron chi connectivity index (χ4n) is 3.10. The molecule has 0 aliphatic heterocycles. The Morgan fingerprint density at radius 3 is 2.50 bits per heavy atom. The van der Waals surface area contributed by atoms with Crippen LogP contribution < -0.4 is 5.32 Å². The van der Waals surface area contributed by atoms with Crippen LogP contribution in [0.5, 0.6) is 0 Å². The van der Waals surface area contributed by atoms with Crippen molar-refractivity contribution in [3.05, 3.63) is 0 Å². The highest BCUT2D eigenvalue weighted by molar-refractivity contribution is 5.78. The highest BCUT2D eigenvalue weighted by Crippen LogP contribution is 2.32. The first-order valence-corrected chi connectivity index (χ1v) is 8.23. The van der Waals surface area contributed by atoms with Gasteiger partial charge in [-0.3, -0.25) is 15.0 Å². The zero-order valence-corrected chi connectivity index (χ0v) is 13.2. The molecule has 2 atom stereocenters. The first-order valence-electron chi connectivity index (χ1n) is 8.23. The van der Waals surface area contributed by atoms with Gasteiger partial charge in [0.1, 0.15) is 5.54 Å². The monoisotopic (exact) mass is 282 g/mol. The average Bonchev–Trinajstić information content (AvgIpc) is 3.23. The van der Waals surface area contributed by atoms with Gasteiger partial charge in [-0.15, -0.1) is 0 Å². The van der Waals surface area contributed by atoms with E-state index in [4.69, 9.17) is 0 Å². The van der Waals surface area contributed by atoms with Crippen LogP contribution in [0, 0.1) is 0 Å². The van der Waals surface area contributed by atoms with Crippen molar-refractivity contribution >= 4 is 5.97 Å². The first-order chi connectivity index (χ1) is 9.46. The lowest BCUT2D eigenvalue weighted by Gasteiger charge is -2.35. The van der Waals surface area contributed by atoms with Gasteiger partial charge in [0, 0.05) is 18.1 Å². The molecule has 0 aromatic rings. The lowest BCUT2D eigenvalue weighted by atomic mass is 9.92. The number of nitrogens with zero attached hydrogens (tertiary/aromatic N) is 1. The Hall–Kier alpha value is -0.610. The normalized spacial score (nSPS) is 23.6. The van der Waals surface area contributed by atoms with Crippen molar-refractivity contribution in [1.29, 1.82) is 0 Å². The Morgan fingerprint density at radius 2 is 2.05 bits per heavy atom. The summed E-state index contributed by atoms with van der Waals surface area (Å²) < 4.78 is 0. The van der Waals surface area contributed by atoms with Crippen LogP contribution in [-0.2, 0) is 4.79 Å². The van der Waals surface area contributed by atoms with Gasteiger partial charge in [0.05, 0.1) is 0 Å². The van der Waals surface area contributed by atoms with Gasteiger partial charge in [-0.25, -0.2) is 0 Å². The van der Waals surface area contributed by atoms with Gasteiger partial charge in [0.15, 0.2) is 0 Å². The molecule has 20 heavy (non-hydrogen) atoms. The minimum absolute atomic E-state index is 0.335. The molecule has 116 valence electrons. The molecule has 2 unspecified atom stereocenters. The summed E-state index contributed by atoms with van der Waals surface area (Å²) >= 11 is 0. The minimum Gasteiger partial charge on any atom is -0.480 e. The second-order valence-electron chi connectivity index (χ2n) is 6.93. The van der Waals surface area contributed by atoms with E-state index in [0.717, 1.165) is 19.4 Å². The molecule has 2 aliphatic rings. The number of rotatable bonds is 10. The van der Waals surface area contributed by atoms with E-state index in [0.29, 0.717) is 24.5 Å². The molecular formula is C16H30N2O2. The Balaban J connectivity index is 1.94. The molecule has 0 spiro atoms. The average molecular weight is 282 g/mol. The summed E-state index contributed by atoms with van der Waals surface area (Å²) in [6.07, 6.45) is 7.92. The predicted molar refractivity (Wildman–Crippen MR) is 80.9 cm³/mol. The molecule has 4 nitrogen and oxygen atoms in total. The number of carboxylic acids is 1.